The molecule has 3 nitrogen and oxygen atoms in total. The number of unbranched alkanes of at least 4 members (excludes halogenated alkanes) is 1. The first-order valence-electron chi connectivity index (χ1n) is 6.73. The van der Waals surface area contributed by atoms with E-state index in [4.69, 9.17) is 5.73 Å². The van der Waals surface area contributed by atoms with E-state index >= 15 is 0 Å². The van der Waals surface area contributed by atoms with Crippen LogP contribution in [0.1, 0.15) is 58.8 Å². The lowest BCUT2D eigenvalue weighted by atomic mass is 10.1. The quantitative estimate of drug-likeness (QED) is 0.666. The van der Waals surface area contributed by atoms with Gasteiger partial charge in [0.25, 0.3) is 0 Å². The molecule has 1 rings (SSSR count). The van der Waals surface area contributed by atoms with Crippen molar-refractivity contribution in [1.29, 1.82) is 0 Å². The molecule has 1 unspecified atom stereocenters. The molecule has 3 heteroatoms. The fraction of sp³-hybridized carbons (Fsp3) is 0.923. The Morgan fingerprint density at radius 2 is 2.12 bits per heavy atom. The van der Waals surface area contributed by atoms with Crippen LogP contribution >= 0.6 is 0 Å². The number of hydrogen-bond donors (Lipinski definition) is 2. The average molecular weight is 226 g/mol. The van der Waals surface area contributed by atoms with Gasteiger partial charge >= 0.3 is 0 Å². The standard InChI is InChI=1S/C13H26N2O/c1-3-5-6-12(14)13(16)15-11(4-2)9-10-7-8-10/h10-12H,3-9,14H2,1-2H3,(H,15,16)/t11?,12-/m0/s1. The molecule has 0 heterocycles. The Bertz CT molecular complexity index is 214. The zero-order valence-corrected chi connectivity index (χ0v) is 10.7. The number of nitrogens with one attached hydrogen (secondary N) is 1. The van der Waals surface area contributed by atoms with Crippen molar-refractivity contribution >= 4 is 5.91 Å². The van der Waals surface area contributed by atoms with Crippen molar-refractivity contribution in [3.8, 4) is 0 Å². The van der Waals surface area contributed by atoms with Gasteiger partial charge in [0.2, 0.25) is 5.91 Å². The SMILES string of the molecule is CCCC[C@H](N)C(=O)NC(CC)CC1CC1. The van der Waals surface area contributed by atoms with E-state index < -0.39 is 0 Å². The molecule has 1 aliphatic rings. The summed E-state index contributed by atoms with van der Waals surface area (Å²) in [5, 5.41) is 3.08. The second-order valence-electron chi connectivity index (χ2n) is 5.04. The van der Waals surface area contributed by atoms with E-state index in [0.29, 0.717) is 6.04 Å². The van der Waals surface area contributed by atoms with Crippen LogP contribution in [0.4, 0.5) is 0 Å². The molecular formula is C13H26N2O. The van der Waals surface area contributed by atoms with Crippen LogP contribution < -0.4 is 11.1 Å². The number of rotatable bonds is 8. The van der Waals surface area contributed by atoms with E-state index in [-0.39, 0.29) is 11.9 Å². The molecule has 1 aliphatic carbocycles. The Labute approximate surface area is 99.2 Å². The summed E-state index contributed by atoms with van der Waals surface area (Å²) in [6.45, 7) is 4.25. The number of carbonyl (C=O) groups is 1. The van der Waals surface area contributed by atoms with Crippen molar-refractivity contribution < 1.29 is 4.79 Å². The predicted octanol–water partition coefficient (Wildman–Crippen LogP) is 2.20. The molecule has 0 aromatic rings. The third-order valence-corrected chi connectivity index (χ3v) is 3.36. The fourth-order valence-corrected chi connectivity index (χ4v) is 1.95. The summed E-state index contributed by atoms with van der Waals surface area (Å²) >= 11 is 0. The van der Waals surface area contributed by atoms with E-state index in [1.165, 1.54) is 12.8 Å². The predicted molar refractivity (Wildman–Crippen MR) is 67.1 cm³/mol. The monoisotopic (exact) mass is 226 g/mol. The largest absolute Gasteiger partial charge is 0.352 e. The molecule has 0 aromatic heterocycles. The minimum Gasteiger partial charge on any atom is -0.352 e. The minimum atomic E-state index is -0.312. The fourth-order valence-electron chi connectivity index (χ4n) is 1.95. The molecule has 94 valence electrons. The molecule has 0 spiro atoms. The summed E-state index contributed by atoms with van der Waals surface area (Å²) in [5.41, 5.74) is 5.84. The van der Waals surface area contributed by atoms with Gasteiger partial charge < -0.3 is 11.1 Å². The van der Waals surface area contributed by atoms with Gasteiger partial charge in [0.05, 0.1) is 6.04 Å². The van der Waals surface area contributed by atoms with Crippen molar-refractivity contribution in [2.45, 2.75) is 70.9 Å². The van der Waals surface area contributed by atoms with Crippen LogP contribution in [0, 0.1) is 5.92 Å². The molecule has 0 radical (unpaired) electrons. The van der Waals surface area contributed by atoms with Gasteiger partial charge in [0.1, 0.15) is 0 Å². The minimum absolute atomic E-state index is 0.0425. The van der Waals surface area contributed by atoms with E-state index in [1.54, 1.807) is 0 Å². The number of hydrogen-bond acceptors (Lipinski definition) is 2. The maximum Gasteiger partial charge on any atom is 0.237 e. The third-order valence-electron chi connectivity index (χ3n) is 3.36. The van der Waals surface area contributed by atoms with Crippen LogP contribution in [0.3, 0.4) is 0 Å². The molecule has 2 atom stereocenters. The normalized spacial score (nSPS) is 19.2. The Balaban J connectivity index is 2.23. The van der Waals surface area contributed by atoms with Crippen molar-refractivity contribution in [2.75, 3.05) is 0 Å². The Morgan fingerprint density at radius 1 is 1.44 bits per heavy atom. The first-order chi connectivity index (χ1) is 7.67. The zero-order valence-electron chi connectivity index (χ0n) is 10.7. The molecule has 3 N–H and O–H groups in total. The number of carbonyl (C=O) groups excluding carboxylic acids is 1. The lowest BCUT2D eigenvalue weighted by Crippen LogP contribution is -2.45. The topological polar surface area (TPSA) is 55.1 Å². The van der Waals surface area contributed by atoms with Crippen LogP contribution in [0.2, 0.25) is 0 Å². The van der Waals surface area contributed by atoms with Crippen LogP contribution in [-0.4, -0.2) is 18.0 Å². The summed E-state index contributed by atoms with van der Waals surface area (Å²) in [6.07, 6.45) is 7.78. The van der Waals surface area contributed by atoms with Crippen molar-refractivity contribution in [3.05, 3.63) is 0 Å². The van der Waals surface area contributed by atoms with Gasteiger partial charge in [-0.15, -0.1) is 0 Å². The van der Waals surface area contributed by atoms with Gasteiger partial charge in [-0.2, -0.15) is 0 Å². The van der Waals surface area contributed by atoms with Gasteiger partial charge in [-0.05, 0) is 25.2 Å². The highest BCUT2D eigenvalue weighted by molar-refractivity contribution is 5.81. The summed E-state index contributed by atoms with van der Waals surface area (Å²) in [5.74, 6) is 0.901. The maximum absolute atomic E-state index is 11.8. The lowest BCUT2D eigenvalue weighted by Gasteiger charge is -2.19. The molecule has 0 aliphatic heterocycles. The highest BCUT2D eigenvalue weighted by Gasteiger charge is 2.26. The maximum atomic E-state index is 11.8. The van der Waals surface area contributed by atoms with Gasteiger partial charge in [0.15, 0.2) is 0 Å². The zero-order chi connectivity index (χ0) is 12.0. The Kier molecular flexibility index (Phi) is 5.81. The first kappa shape index (κ1) is 13.5. The Morgan fingerprint density at radius 3 is 2.62 bits per heavy atom. The van der Waals surface area contributed by atoms with Gasteiger partial charge in [-0.1, -0.05) is 39.5 Å². The van der Waals surface area contributed by atoms with E-state index in [2.05, 4.69) is 19.2 Å². The molecular weight excluding hydrogens is 200 g/mol. The third kappa shape index (κ3) is 4.97. The second kappa shape index (κ2) is 6.89. The van der Waals surface area contributed by atoms with Crippen LogP contribution in [0.25, 0.3) is 0 Å². The van der Waals surface area contributed by atoms with Crippen LogP contribution in [0.5, 0.6) is 0 Å². The molecule has 1 saturated carbocycles. The van der Waals surface area contributed by atoms with Crippen molar-refractivity contribution in [1.82, 2.24) is 5.32 Å². The van der Waals surface area contributed by atoms with Crippen molar-refractivity contribution in [3.63, 3.8) is 0 Å². The second-order valence-corrected chi connectivity index (χ2v) is 5.04. The highest BCUT2D eigenvalue weighted by Crippen LogP contribution is 2.34. The van der Waals surface area contributed by atoms with Gasteiger partial charge in [-0.25, -0.2) is 0 Å². The van der Waals surface area contributed by atoms with Gasteiger partial charge in [-0.3, -0.25) is 4.79 Å². The van der Waals surface area contributed by atoms with E-state index in [0.717, 1.165) is 38.0 Å². The summed E-state index contributed by atoms with van der Waals surface area (Å²) in [7, 11) is 0. The summed E-state index contributed by atoms with van der Waals surface area (Å²) < 4.78 is 0. The molecule has 1 fully saturated rings. The van der Waals surface area contributed by atoms with E-state index in [1.807, 2.05) is 0 Å². The van der Waals surface area contributed by atoms with Crippen LogP contribution in [0.15, 0.2) is 0 Å². The molecule has 0 bridgehead atoms. The number of nitrogens with two attached hydrogens (primary N) is 1. The lowest BCUT2D eigenvalue weighted by molar-refractivity contribution is -0.123. The average Bonchev–Trinajstić information content (AvgIpc) is 3.08. The first-order valence-corrected chi connectivity index (χ1v) is 6.73. The molecule has 0 saturated heterocycles. The molecule has 1 amide bonds. The highest BCUT2D eigenvalue weighted by atomic mass is 16.2. The number of amides is 1. The van der Waals surface area contributed by atoms with Gasteiger partial charge in [0, 0.05) is 6.04 Å². The van der Waals surface area contributed by atoms with Crippen LogP contribution in [-0.2, 0) is 4.79 Å². The van der Waals surface area contributed by atoms with Crippen molar-refractivity contribution in [2.24, 2.45) is 11.7 Å². The smallest absolute Gasteiger partial charge is 0.237 e. The molecule has 0 aromatic carbocycles. The molecule has 16 heavy (non-hydrogen) atoms. The summed E-state index contributed by atoms with van der Waals surface area (Å²) in [4.78, 5) is 11.8. The van der Waals surface area contributed by atoms with E-state index in [9.17, 15) is 4.79 Å². The summed E-state index contributed by atoms with van der Waals surface area (Å²) in [6, 6.07) is 0.0286. The Hall–Kier alpha value is -0.570.